The predicted octanol–water partition coefficient (Wildman–Crippen LogP) is 5.90. The molecule has 1 rings (SSSR count). The molecule has 0 radical (unpaired) electrons. The zero-order valence-electron chi connectivity index (χ0n) is 14.9. The molecule has 0 aromatic rings. The van der Waals surface area contributed by atoms with Crippen molar-refractivity contribution in [3.63, 3.8) is 0 Å². The Morgan fingerprint density at radius 3 is 1.33 bits per heavy atom. The zero-order chi connectivity index (χ0) is 24.0. The first-order valence-electron chi connectivity index (χ1n) is 8.31. The highest BCUT2D eigenvalue weighted by Gasteiger charge is 2.76. The number of allylic oxidation sites excluding steroid dienone is 1. The topological polar surface area (TPSA) is 37.3 Å². The Hall–Kier alpha value is -1.47. The minimum atomic E-state index is -6.26. The van der Waals surface area contributed by atoms with Crippen LogP contribution in [0, 0.1) is 17.3 Å². The van der Waals surface area contributed by atoms with Gasteiger partial charge < -0.3 is 5.11 Å². The van der Waals surface area contributed by atoms with Gasteiger partial charge in [-0.2, -0.15) is 52.7 Å². The van der Waals surface area contributed by atoms with Gasteiger partial charge in [0.05, 0.1) is 0 Å². The largest absolute Gasteiger partial charge is 0.426 e. The van der Waals surface area contributed by atoms with Crippen LogP contribution >= 0.6 is 0 Å². The van der Waals surface area contributed by atoms with Crippen molar-refractivity contribution in [2.45, 2.75) is 62.4 Å². The number of carbonyl (C=O) groups is 1. The highest BCUT2D eigenvalue weighted by atomic mass is 19.4. The molecule has 1 aliphatic rings. The van der Waals surface area contributed by atoms with Gasteiger partial charge in [0.25, 0.3) is 5.60 Å². The number of carbonyl (C=O) groups excluding carboxylic acids is 1. The Balaban J connectivity index is 3.38. The smallest absolute Gasteiger partial charge is 0.373 e. The van der Waals surface area contributed by atoms with Crippen molar-refractivity contribution in [2.24, 2.45) is 17.3 Å². The van der Waals surface area contributed by atoms with E-state index in [0.29, 0.717) is 0 Å². The summed E-state index contributed by atoms with van der Waals surface area (Å²) in [4.78, 5) is 11.4. The van der Waals surface area contributed by atoms with Gasteiger partial charge in [0.1, 0.15) is 0 Å². The molecule has 0 atom stereocenters. The van der Waals surface area contributed by atoms with Crippen LogP contribution in [0.5, 0.6) is 0 Å². The summed E-state index contributed by atoms with van der Waals surface area (Å²) in [6.45, 7) is 2.79. The number of alkyl halides is 12. The van der Waals surface area contributed by atoms with Crippen LogP contribution in [0.4, 0.5) is 52.7 Å². The average Bonchev–Trinajstić information content (AvgIpc) is 2.54. The molecule has 0 spiro atoms. The van der Waals surface area contributed by atoms with Gasteiger partial charge in [-0.15, -0.1) is 0 Å². The summed E-state index contributed by atoms with van der Waals surface area (Å²) >= 11 is 0. The second kappa shape index (κ2) is 7.90. The van der Waals surface area contributed by atoms with Crippen molar-refractivity contribution >= 4 is 5.78 Å². The highest BCUT2D eigenvalue weighted by molar-refractivity contribution is 5.89. The minimum absolute atomic E-state index is 0.212. The van der Waals surface area contributed by atoms with E-state index in [2.05, 4.69) is 6.58 Å². The molecule has 0 aliphatic heterocycles. The lowest BCUT2D eigenvalue weighted by Crippen LogP contribution is -2.63. The molecule has 1 saturated carbocycles. The van der Waals surface area contributed by atoms with Gasteiger partial charge in [-0.05, 0) is 37.7 Å². The molecule has 0 bridgehead atoms. The fourth-order valence-corrected chi connectivity index (χ4v) is 3.94. The molecule has 1 fully saturated rings. The Morgan fingerprint density at radius 1 is 0.733 bits per heavy atom. The third kappa shape index (κ3) is 4.28. The third-order valence-corrected chi connectivity index (χ3v) is 5.57. The molecule has 176 valence electrons. The van der Waals surface area contributed by atoms with Crippen LogP contribution < -0.4 is 0 Å². The van der Waals surface area contributed by atoms with Gasteiger partial charge in [0.15, 0.2) is 11.2 Å². The molecule has 1 aliphatic carbocycles. The summed E-state index contributed by atoms with van der Waals surface area (Å²) in [5.74, 6) is -6.87. The molecule has 0 amide bonds. The van der Waals surface area contributed by atoms with Crippen LogP contribution in [-0.2, 0) is 4.79 Å². The third-order valence-electron chi connectivity index (χ3n) is 5.57. The second-order valence-electron chi connectivity index (χ2n) is 7.12. The molecular formula is C16H16F12O2. The van der Waals surface area contributed by atoms with Crippen molar-refractivity contribution in [1.82, 2.24) is 0 Å². The number of rotatable bonds is 5. The summed E-state index contributed by atoms with van der Waals surface area (Å²) < 4.78 is 159. The van der Waals surface area contributed by atoms with E-state index < -0.39 is 85.4 Å². The molecule has 0 unspecified atom stereocenters. The maximum Gasteiger partial charge on any atom is 0.426 e. The minimum Gasteiger partial charge on any atom is -0.373 e. The van der Waals surface area contributed by atoms with E-state index >= 15 is 0 Å². The van der Waals surface area contributed by atoms with Gasteiger partial charge >= 0.3 is 24.7 Å². The Morgan fingerprint density at radius 2 is 1.07 bits per heavy atom. The van der Waals surface area contributed by atoms with Gasteiger partial charge in [0, 0.05) is 12.3 Å². The molecule has 0 aromatic heterocycles. The Bertz CT molecular complexity index is 605. The number of halogens is 12. The Labute approximate surface area is 161 Å². The van der Waals surface area contributed by atoms with E-state index in [4.69, 9.17) is 0 Å². The van der Waals surface area contributed by atoms with Crippen molar-refractivity contribution in [1.29, 1.82) is 0 Å². The first-order valence-corrected chi connectivity index (χ1v) is 8.31. The van der Waals surface area contributed by atoms with Crippen molar-refractivity contribution in [3.05, 3.63) is 12.7 Å². The van der Waals surface area contributed by atoms with E-state index in [0.717, 1.165) is 0 Å². The molecule has 0 saturated heterocycles. The SMILES string of the molecule is C=CC(=O)CC(C1CCC(C(O)(C(F)(F)F)C(F)(F)F)CC1)(C(F)(F)F)C(F)(F)F. The summed E-state index contributed by atoms with van der Waals surface area (Å²) in [5.41, 5.74) is -9.97. The van der Waals surface area contributed by atoms with E-state index in [9.17, 15) is 62.6 Å². The summed E-state index contributed by atoms with van der Waals surface area (Å²) in [6.07, 6.45) is -32.2. The predicted molar refractivity (Wildman–Crippen MR) is 76.9 cm³/mol. The molecular weight excluding hydrogens is 452 g/mol. The van der Waals surface area contributed by atoms with E-state index in [1.807, 2.05) is 0 Å². The molecule has 2 nitrogen and oxygen atoms in total. The fraction of sp³-hybridized carbons (Fsp3) is 0.812. The molecule has 0 heterocycles. The summed E-state index contributed by atoms with van der Waals surface area (Å²) in [5, 5.41) is 9.34. The maximum absolute atomic E-state index is 13.5. The summed E-state index contributed by atoms with van der Waals surface area (Å²) in [7, 11) is 0. The van der Waals surface area contributed by atoms with E-state index in [-0.39, 0.29) is 6.08 Å². The molecule has 14 heteroatoms. The van der Waals surface area contributed by atoms with Crippen molar-refractivity contribution < 1.29 is 62.6 Å². The summed E-state index contributed by atoms with van der Waals surface area (Å²) in [6, 6.07) is 0. The lowest BCUT2D eigenvalue weighted by molar-refractivity contribution is -0.391. The first kappa shape index (κ1) is 26.6. The number of aliphatic hydroxyl groups is 1. The molecule has 0 aromatic carbocycles. The zero-order valence-corrected chi connectivity index (χ0v) is 14.9. The van der Waals surface area contributed by atoms with Crippen LogP contribution in [0.2, 0.25) is 0 Å². The molecule has 1 N–H and O–H groups in total. The fourth-order valence-electron chi connectivity index (χ4n) is 3.94. The van der Waals surface area contributed by atoms with Crippen LogP contribution in [0.15, 0.2) is 12.7 Å². The van der Waals surface area contributed by atoms with Gasteiger partial charge in [-0.25, -0.2) is 0 Å². The average molecular weight is 468 g/mol. The van der Waals surface area contributed by atoms with Gasteiger partial charge in [0.2, 0.25) is 0 Å². The number of hydrogen-bond acceptors (Lipinski definition) is 2. The van der Waals surface area contributed by atoms with E-state index in [1.54, 1.807) is 0 Å². The van der Waals surface area contributed by atoms with Crippen LogP contribution in [0.25, 0.3) is 0 Å². The standard InChI is InChI=1S/C16H16F12O2/c1-2-10(29)7-11(13(17,18)19,14(20,21)22)8-3-5-9(6-4-8)12(30,15(23,24)25)16(26,27)28/h2,8-9,30H,1,3-7H2. The Kier molecular flexibility index (Phi) is 6.99. The maximum atomic E-state index is 13.5. The molecule has 30 heavy (non-hydrogen) atoms. The van der Waals surface area contributed by atoms with Crippen molar-refractivity contribution in [3.8, 4) is 0 Å². The van der Waals surface area contributed by atoms with Crippen molar-refractivity contribution in [2.75, 3.05) is 0 Å². The quantitative estimate of drug-likeness (QED) is 0.403. The number of hydrogen-bond donors (Lipinski definition) is 1. The highest BCUT2D eigenvalue weighted by Crippen LogP contribution is 2.62. The first-order chi connectivity index (χ1) is 13.2. The number of ketones is 1. The second-order valence-corrected chi connectivity index (χ2v) is 7.12. The van der Waals surface area contributed by atoms with Gasteiger partial charge in [-0.1, -0.05) is 6.58 Å². The van der Waals surface area contributed by atoms with Crippen LogP contribution in [-0.4, -0.2) is 41.2 Å². The van der Waals surface area contributed by atoms with E-state index in [1.165, 1.54) is 0 Å². The van der Waals surface area contributed by atoms with Gasteiger partial charge in [-0.3, -0.25) is 4.79 Å². The normalized spacial score (nSPS) is 22.7. The monoisotopic (exact) mass is 468 g/mol. The lowest BCUT2D eigenvalue weighted by atomic mass is 9.61. The lowest BCUT2D eigenvalue weighted by Gasteiger charge is -2.47. The van der Waals surface area contributed by atoms with Crippen LogP contribution in [0.3, 0.4) is 0 Å². The van der Waals surface area contributed by atoms with Crippen LogP contribution in [0.1, 0.15) is 32.1 Å².